The number of hydrogen-bond acceptors (Lipinski definition) is 11. The molecule has 4 aromatic rings. The molecule has 0 amide bonds. The number of carbonyl (C=O) groups excluding carboxylic acids is 1. The number of nitrogens with two attached hydrogens (primary N) is 1. The maximum Gasteiger partial charge on any atom is 0.329 e. The first-order chi connectivity index (χ1) is 17.6. The van der Waals surface area contributed by atoms with E-state index in [0.717, 1.165) is 55.5 Å². The van der Waals surface area contributed by atoms with Gasteiger partial charge in [0.1, 0.15) is 6.04 Å². The molecule has 2 fully saturated rings. The maximum atomic E-state index is 12.2. The van der Waals surface area contributed by atoms with Gasteiger partial charge in [-0.25, -0.2) is 19.7 Å². The fraction of sp³-hybridized carbons (Fsp3) is 0.320. The quantitative estimate of drug-likeness (QED) is 0.388. The molecule has 36 heavy (non-hydrogen) atoms. The van der Waals surface area contributed by atoms with Crippen molar-refractivity contribution >= 4 is 11.9 Å². The van der Waals surface area contributed by atoms with Crippen LogP contribution in [-0.4, -0.2) is 48.6 Å². The Bertz CT molecular complexity index is 1360. The fourth-order valence-electron chi connectivity index (χ4n) is 4.65. The summed E-state index contributed by atoms with van der Waals surface area (Å²) in [5, 5.41) is 7.43. The standard InChI is InChI=1S/C25H24N8O3/c26-24-30-12-16(13-31-24)18-6-5-17(14-28-18)25(8-2-9-25)23-32-21(36-33-23)15-4-7-20(29-11-15)35-22(34)19-3-1-10-27-19/h4-7,11-14,19,27H,1-3,8-10H2,(H2,26,30,31)/t19-/m0/s1. The van der Waals surface area contributed by atoms with E-state index in [-0.39, 0.29) is 29.3 Å². The highest BCUT2D eigenvalue weighted by molar-refractivity contribution is 5.78. The number of nitrogen functional groups attached to an aromatic ring is 1. The molecule has 1 aliphatic heterocycles. The lowest BCUT2D eigenvalue weighted by Crippen LogP contribution is -2.36. The van der Waals surface area contributed by atoms with Crippen LogP contribution in [0.4, 0.5) is 5.95 Å². The zero-order chi connectivity index (χ0) is 24.5. The summed E-state index contributed by atoms with van der Waals surface area (Å²) in [5.74, 6) is 1.14. The topological polar surface area (TPSA) is 155 Å². The summed E-state index contributed by atoms with van der Waals surface area (Å²) in [7, 11) is 0. The number of rotatable bonds is 6. The average molecular weight is 485 g/mol. The Hall–Kier alpha value is -4.25. The lowest BCUT2D eigenvalue weighted by molar-refractivity contribution is -0.136. The molecule has 0 spiro atoms. The molecule has 11 nitrogen and oxygen atoms in total. The van der Waals surface area contributed by atoms with Crippen molar-refractivity contribution in [3.8, 4) is 28.6 Å². The number of esters is 1. The fourth-order valence-corrected chi connectivity index (χ4v) is 4.65. The van der Waals surface area contributed by atoms with Crippen LogP contribution in [0.2, 0.25) is 0 Å². The van der Waals surface area contributed by atoms with E-state index >= 15 is 0 Å². The second-order valence-corrected chi connectivity index (χ2v) is 9.08. The van der Waals surface area contributed by atoms with E-state index in [9.17, 15) is 4.79 Å². The van der Waals surface area contributed by atoms with Crippen molar-refractivity contribution in [2.45, 2.75) is 43.6 Å². The van der Waals surface area contributed by atoms with Gasteiger partial charge in [-0.2, -0.15) is 4.98 Å². The van der Waals surface area contributed by atoms with Crippen molar-refractivity contribution < 1.29 is 14.1 Å². The third kappa shape index (κ3) is 4.07. The molecule has 1 saturated heterocycles. The molecule has 2 aliphatic rings. The predicted octanol–water partition coefficient (Wildman–Crippen LogP) is 2.69. The number of anilines is 1. The second kappa shape index (κ2) is 9.08. The molecule has 0 unspecified atom stereocenters. The summed E-state index contributed by atoms with van der Waals surface area (Å²) in [4.78, 5) is 33.8. The molecule has 0 bridgehead atoms. The van der Waals surface area contributed by atoms with E-state index in [4.69, 9.17) is 20.0 Å². The number of aromatic nitrogens is 6. The molecule has 1 atom stereocenters. The summed E-state index contributed by atoms with van der Waals surface area (Å²) in [6.45, 7) is 0.824. The Kier molecular flexibility index (Phi) is 5.61. The van der Waals surface area contributed by atoms with Crippen LogP contribution in [0, 0.1) is 0 Å². The Morgan fingerprint density at radius 1 is 1.00 bits per heavy atom. The van der Waals surface area contributed by atoms with Crippen LogP contribution in [0.3, 0.4) is 0 Å². The molecular formula is C25H24N8O3. The smallest absolute Gasteiger partial charge is 0.329 e. The van der Waals surface area contributed by atoms with Crippen LogP contribution in [0.1, 0.15) is 43.5 Å². The van der Waals surface area contributed by atoms with Crippen LogP contribution in [0.25, 0.3) is 22.7 Å². The summed E-state index contributed by atoms with van der Waals surface area (Å²) in [5.41, 5.74) is 8.47. The van der Waals surface area contributed by atoms with Crippen molar-refractivity contribution in [1.29, 1.82) is 0 Å². The molecular weight excluding hydrogens is 460 g/mol. The molecule has 0 aromatic carbocycles. The monoisotopic (exact) mass is 484 g/mol. The Labute approximate surface area is 206 Å². The molecule has 11 heteroatoms. The van der Waals surface area contributed by atoms with Gasteiger partial charge in [-0.05, 0) is 49.9 Å². The van der Waals surface area contributed by atoms with Crippen molar-refractivity contribution in [2.24, 2.45) is 0 Å². The molecule has 1 saturated carbocycles. The van der Waals surface area contributed by atoms with E-state index < -0.39 is 0 Å². The molecule has 0 radical (unpaired) electrons. The van der Waals surface area contributed by atoms with Crippen molar-refractivity contribution in [3.63, 3.8) is 0 Å². The van der Waals surface area contributed by atoms with Gasteiger partial charge in [-0.3, -0.25) is 4.98 Å². The first-order valence-electron chi connectivity index (χ1n) is 11.9. The van der Waals surface area contributed by atoms with Crippen LogP contribution < -0.4 is 15.8 Å². The van der Waals surface area contributed by atoms with E-state index in [1.54, 1.807) is 30.7 Å². The summed E-state index contributed by atoms with van der Waals surface area (Å²) >= 11 is 0. The SMILES string of the molecule is Nc1ncc(-c2ccc(C3(c4noc(-c5ccc(OC(=O)[C@@H]6CCCN6)nc5)n4)CCC3)cn2)cn1. The highest BCUT2D eigenvalue weighted by Gasteiger charge is 2.45. The maximum absolute atomic E-state index is 12.2. The van der Waals surface area contributed by atoms with Crippen LogP contribution in [-0.2, 0) is 10.2 Å². The normalized spacial score (nSPS) is 18.5. The third-order valence-electron chi connectivity index (χ3n) is 6.88. The van der Waals surface area contributed by atoms with Crippen LogP contribution in [0.15, 0.2) is 53.6 Å². The average Bonchev–Trinajstić information content (AvgIpc) is 3.58. The minimum absolute atomic E-state index is 0.226. The van der Waals surface area contributed by atoms with Crippen molar-refractivity contribution in [2.75, 3.05) is 12.3 Å². The summed E-state index contributed by atoms with van der Waals surface area (Å²) in [6.07, 6.45) is 11.3. The van der Waals surface area contributed by atoms with Gasteiger partial charge >= 0.3 is 5.97 Å². The Morgan fingerprint density at radius 2 is 1.83 bits per heavy atom. The zero-order valence-corrected chi connectivity index (χ0v) is 19.4. The van der Waals surface area contributed by atoms with E-state index in [1.165, 1.54) is 0 Å². The number of ether oxygens (including phenoxy) is 1. The first-order valence-corrected chi connectivity index (χ1v) is 11.9. The predicted molar refractivity (Wildman–Crippen MR) is 128 cm³/mol. The minimum Gasteiger partial charge on any atom is -0.406 e. The molecule has 182 valence electrons. The Morgan fingerprint density at radius 3 is 2.47 bits per heavy atom. The number of pyridine rings is 2. The number of nitrogens with zero attached hydrogens (tertiary/aromatic N) is 6. The van der Waals surface area contributed by atoms with E-state index in [2.05, 4.69) is 30.4 Å². The van der Waals surface area contributed by atoms with E-state index in [0.29, 0.717) is 17.3 Å². The van der Waals surface area contributed by atoms with Crippen LogP contribution >= 0.6 is 0 Å². The van der Waals surface area contributed by atoms with Gasteiger partial charge in [-0.15, -0.1) is 0 Å². The van der Waals surface area contributed by atoms with Crippen molar-refractivity contribution in [1.82, 2.24) is 35.4 Å². The second-order valence-electron chi connectivity index (χ2n) is 9.08. The van der Waals surface area contributed by atoms with Gasteiger partial charge in [0.2, 0.25) is 11.8 Å². The van der Waals surface area contributed by atoms with Gasteiger partial charge in [0, 0.05) is 36.4 Å². The van der Waals surface area contributed by atoms with Gasteiger partial charge in [-0.1, -0.05) is 17.6 Å². The molecule has 6 rings (SSSR count). The summed E-state index contributed by atoms with van der Waals surface area (Å²) in [6, 6.07) is 7.10. The zero-order valence-electron chi connectivity index (χ0n) is 19.4. The van der Waals surface area contributed by atoms with Crippen LogP contribution in [0.5, 0.6) is 5.88 Å². The van der Waals surface area contributed by atoms with Gasteiger partial charge in [0.25, 0.3) is 5.89 Å². The third-order valence-corrected chi connectivity index (χ3v) is 6.88. The van der Waals surface area contributed by atoms with E-state index in [1.807, 2.05) is 18.3 Å². The Balaban J connectivity index is 1.19. The van der Waals surface area contributed by atoms with Gasteiger partial charge in [0.05, 0.1) is 16.7 Å². The molecule has 5 heterocycles. The molecule has 3 N–H and O–H groups in total. The lowest BCUT2D eigenvalue weighted by atomic mass is 9.64. The lowest BCUT2D eigenvalue weighted by Gasteiger charge is -2.39. The molecule has 4 aromatic heterocycles. The van der Waals surface area contributed by atoms with Crippen molar-refractivity contribution in [3.05, 3.63) is 60.4 Å². The van der Waals surface area contributed by atoms with Gasteiger partial charge in [0.15, 0.2) is 5.82 Å². The highest BCUT2D eigenvalue weighted by Crippen LogP contribution is 2.48. The number of carbonyl (C=O) groups is 1. The first kappa shape index (κ1) is 22.2. The number of nitrogens with one attached hydrogen (secondary N) is 1. The summed E-state index contributed by atoms with van der Waals surface area (Å²) < 4.78 is 11.0. The number of hydrogen-bond donors (Lipinski definition) is 2. The van der Waals surface area contributed by atoms with Gasteiger partial charge < -0.3 is 20.3 Å². The largest absolute Gasteiger partial charge is 0.406 e. The highest BCUT2D eigenvalue weighted by atomic mass is 16.5. The molecule has 1 aliphatic carbocycles. The minimum atomic E-state index is -0.345.